The molecule has 0 radical (unpaired) electrons. The summed E-state index contributed by atoms with van der Waals surface area (Å²) >= 11 is 5.41. The molecule has 1 aliphatic rings. The monoisotopic (exact) mass is 339 g/mol. The van der Waals surface area contributed by atoms with Crippen molar-refractivity contribution in [2.45, 2.75) is 6.92 Å². The molecular formula is C16H24FN4OS+. The first-order valence-corrected chi connectivity index (χ1v) is 8.13. The van der Waals surface area contributed by atoms with Crippen molar-refractivity contribution in [3.05, 3.63) is 29.6 Å². The highest BCUT2D eigenvalue weighted by Gasteiger charge is 2.24. The van der Waals surface area contributed by atoms with Crippen molar-refractivity contribution in [3.8, 4) is 0 Å². The molecule has 1 fully saturated rings. The molecule has 0 spiro atoms. The Labute approximate surface area is 142 Å². The van der Waals surface area contributed by atoms with Crippen molar-refractivity contribution in [1.82, 2.24) is 9.80 Å². The van der Waals surface area contributed by atoms with Crippen molar-refractivity contribution in [1.29, 1.82) is 0 Å². The zero-order valence-corrected chi connectivity index (χ0v) is 14.7. The second-order valence-electron chi connectivity index (χ2n) is 6.10. The van der Waals surface area contributed by atoms with Gasteiger partial charge in [0.1, 0.15) is 5.82 Å². The van der Waals surface area contributed by atoms with E-state index in [1.165, 1.54) is 11.0 Å². The molecule has 0 aliphatic carbocycles. The van der Waals surface area contributed by atoms with E-state index in [-0.39, 0.29) is 11.7 Å². The number of aryl methyl sites for hydroxylation is 1. The van der Waals surface area contributed by atoms with E-state index >= 15 is 0 Å². The van der Waals surface area contributed by atoms with Gasteiger partial charge in [0.2, 0.25) is 0 Å². The number of hydrogen-bond donors (Lipinski definition) is 2. The summed E-state index contributed by atoms with van der Waals surface area (Å²) in [7, 11) is 3.55. The van der Waals surface area contributed by atoms with E-state index in [2.05, 4.69) is 10.2 Å². The lowest BCUT2D eigenvalue weighted by Gasteiger charge is -2.33. The van der Waals surface area contributed by atoms with Gasteiger partial charge in [-0.05, 0) is 36.8 Å². The number of anilines is 1. The number of piperazine rings is 1. The predicted molar refractivity (Wildman–Crippen MR) is 93.2 cm³/mol. The molecule has 1 saturated heterocycles. The van der Waals surface area contributed by atoms with Gasteiger partial charge < -0.3 is 20.0 Å². The van der Waals surface area contributed by atoms with E-state index in [0.717, 1.165) is 26.2 Å². The maximum Gasteiger partial charge on any atom is 0.277 e. The summed E-state index contributed by atoms with van der Waals surface area (Å²) < 4.78 is 13.6. The molecule has 0 unspecified atom stereocenters. The highest BCUT2D eigenvalue weighted by molar-refractivity contribution is 7.80. The van der Waals surface area contributed by atoms with Gasteiger partial charge in [-0.2, -0.15) is 0 Å². The molecule has 1 heterocycles. The zero-order chi connectivity index (χ0) is 17.0. The van der Waals surface area contributed by atoms with Crippen LogP contribution in [-0.4, -0.2) is 67.6 Å². The molecule has 2 rings (SSSR count). The largest absolute Gasteiger partial charge is 0.344 e. The van der Waals surface area contributed by atoms with Crippen molar-refractivity contribution < 1.29 is 14.1 Å². The Morgan fingerprint density at radius 1 is 1.39 bits per heavy atom. The van der Waals surface area contributed by atoms with Crippen LogP contribution in [0.15, 0.2) is 18.2 Å². The van der Waals surface area contributed by atoms with E-state index in [9.17, 15) is 9.18 Å². The Morgan fingerprint density at radius 3 is 2.61 bits per heavy atom. The van der Waals surface area contributed by atoms with E-state index in [1.54, 1.807) is 32.0 Å². The van der Waals surface area contributed by atoms with Crippen LogP contribution in [0.5, 0.6) is 0 Å². The third kappa shape index (κ3) is 4.87. The number of rotatable bonds is 3. The van der Waals surface area contributed by atoms with Crippen LogP contribution < -0.4 is 10.2 Å². The van der Waals surface area contributed by atoms with Gasteiger partial charge in [0, 0.05) is 19.8 Å². The SMILES string of the molecule is Cc1ccc(NC(=S)N2CC[NH+](CC(=O)N(C)C)CC2)cc1F. The fraction of sp³-hybridized carbons (Fsp3) is 0.500. The van der Waals surface area contributed by atoms with Crippen molar-refractivity contribution in [3.63, 3.8) is 0 Å². The third-order valence-electron chi connectivity index (χ3n) is 4.08. The van der Waals surface area contributed by atoms with Crippen LogP contribution in [0.25, 0.3) is 0 Å². The Morgan fingerprint density at radius 2 is 2.04 bits per heavy atom. The second kappa shape index (κ2) is 7.70. The minimum atomic E-state index is -0.241. The summed E-state index contributed by atoms with van der Waals surface area (Å²) in [5.41, 5.74) is 1.28. The Hall–Kier alpha value is -1.73. The molecule has 2 N–H and O–H groups in total. The second-order valence-corrected chi connectivity index (χ2v) is 6.48. The fourth-order valence-corrected chi connectivity index (χ4v) is 2.75. The molecule has 0 bridgehead atoms. The normalized spacial score (nSPS) is 15.4. The van der Waals surface area contributed by atoms with Crippen LogP contribution in [0.4, 0.5) is 10.1 Å². The molecule has 1 aliphatic heterocycles. The maximum absolute atomic E-state index is 13.6. The van der Waals surface area contributed by atoms with Gasteiger partial charge in [0.25, 0.3) is 5.91 Å². The van der Waals surface area contributed by atoms with Crippen molar-refractivity contribution in [2.24, 2.45) is 0 Å². The molecule has 7 heteroatoms. The number of benzene rings is 1. The first-order valence-electron chi connectivity index (χ1n) is 7.72. The van der Waals surface area contributed by atoms with Gasteiger partial charge in [-0.1, -0.05) is 6.07 Å². The molecule has 1 aromatic carbocycles. The number of nitrogens with one attached hydrogen (secondary N) is 2. The number of thiocarbonyl (C=S) groups is 1. The van der Waals surface area contributed by atoms with Gasteiger partial charge in [0.15, 0.2) is 11.7 Å². The van der Waals surface area contributed by atoms with Crippen LogP contribution in [0.1, 0.15) is 5.56 Å². The number of nitrogens with zero attached hydrogens (tertiary/aromatic N) is 2. The molecule has 0 atom stereocenters. The summed E-state index contributed by atoms with van der Waals surface area (Å²) in [5, 5.41) is 3.69. The summed E-state index contributed by atoms with van der Waals surface area (Å²) in [5.74, 6) is -0.0986. The number of hydrogen-bond acceptors (Lipinski definition) is 2. The van der Waals surface area contributed by atoms with Crippen LogP contribution >= 0.6 is 12.2 Å². The van der Waals surface area contributed by atoms with Gasteiger partial charge in [0.05, 0.1) is 26.2 Å². The molecule has 126 valence electrons. The lowest BCUT2D eigenvalue weighted by atomic mass is 10.2. The fourth-order valence-electron chi connectivity index (χ4n) is 2.45. The minimum absolute atomic E-state index is 0.143. The molecule has 0 aromatic heterocycles. The number of halogens is 1. The lowest BCUT2D eigenvalue weighted by molar-refractivity contribution is -0.896. The van der Waals surface area contributed by atoms with Crippen LogP contribution in [-0.2, 0) is 4.79 Å². The first kappa shape index (κ1) is 17.6. The maximum atomic E-state index is 13.6. The molecule has 23 heavy (non-hydrogen) atoms. The molecule has 5 nitrogen and oxygen atoms in total. The topological polar surface area (TPSA) is 40.0 Å². The third-order valence-corrected chi connectivity index (χ3v) is 4.44. The zero-order valence-electron chi connectivity index (χ0n) is 13.9. The number of carbonyl (C=O) groups is 1. The molecule has 0 saturated carbocycles. The van der Waals surface area contributed by atoms with E-state index in [1.807, 2.05) is 6.07 Å². The van der Waals surface area contributed by atoms with E-state index < -0.39 is 0 Å². The number of likely N-dealkylation sites (N-methyl/N-ethyl adjacent to an activating group) is 1. The van der Waals surface area contributed by atoms with E-state index in [0.29, 0.717) is 22.9 Å². The highest BCUT2D eigenvalue weighted by atomic mass is 32.1. The Balaban J connectivity index is 1.83. The summed E-state index contributed by atoms with van der Waals surface area (Å²) in [4.78, 5) is 16.7. The van der Waals surface area contributed by atoms with Gasteiger partial charge in [-0.3, -0.25) is 4.79 Å². The number of carbonyl (C=O) groups excluding carboxylic acids is 1. The average Bonchev–Trinajstić information content (AvgIpc) is 2.51. The van der Waals surface area contributed by atoms with E-state index in [4.69, 9.17) is 12.2 Å². The van der Waals surface area contributed by atoms with Crippen molar-refractivity contribution >= 4 is 28.9 Å². The first-order chi connectivity index (χ1) is 10.9. The van der Waals surface area contributed by atoms with Crippen LogP contribution in [0.2, 0.25) is 0 Å². The van der Waals surface area contributed by atoms with Crippen LogP contribution in [0.3, 0.4) is 0 Å². The Kier molecular flexibility index (Phi) is 5.90. The van der Waals surface area contributed by atoms with Gasteiger partial charge >= 0.3 is 0 Å². The average molecular weight is 339 g/mol. The molecular weight excluding hydrogens is 315 g/mol. The van der Waals surface area contributed by atoms with Gasteiger partial charge in [-0.15, -0.1) is 0 Å². The minimum Gasteiger partial charge on any atom is -0.344 e. The number of amides is 1. The quantitative estimate of drug-likeness (QED) is 0.768. The summed E-state index contributed by atoms with van der Waals surface area (Å²) in [6.07, 6.45) is 0. The standard InChI is InChI=1S/C16H23FN4OS/c1-12-4-5-13(10-14(12)17)18-16(23)21-8-6-20(7-9-21)11-15(22)19(2)3/h4-5,10H,6-9,11H2,1-3H3,(H,18,23)/p+1. The predicted octanol–water partition coefficient (Wildman–Crippen LogP) is 0.120. The smallest absolute Gasteiger partial charge is 0.277 e. The highest BCUT2D eigenvalue weighted by Crippen LogP contribution is 2.14. The molecule has 1 aromatic rings. The van der Waals surface area contributed by atoms with Gasteiger partial charge in [-0.25, -0.2) is 4.39 Å². The van der Waals surface area contributed by atoms with Crippen molar-refractivity contribution in [2.75, 3.05) is 52.1 Å². The summed E-state index contributed by atoms with van der Waals surface area (Å²) in [6, 6.07) is 5.01. The summed E-state index contributed by atoms with van der Waals surface area (Å²) in [6.45, 7) is 5.55. The number of quaternary nitrogens is 1. The Bertz CT molecular complexity index is 585. The molecule has 1 amide bonds. The van der Waals surface area contributed by atoms with Crippen LogP contribution in [0, 0.1) is 12.7 Å². The lowest BCUT2D eigenvalue weighted by Crippen LogP contribution is -3.15.